The zero-order chi connectivity index (χ0) is 21.1. The van der Waals surface area contributed by atoms with Crippen molar-refractivity contribution < 1.29 is 9.18 Å². The number of piperidine rings is 1. The van der Waals surface area contributed by atoms with E-state index < -0.39 is 0 Å². The SMILES string of the molecule is CN(C)c1ncncc1N1CCC(C(=O)N2CCN(c3ccc(F)cc3)CC2)CC1. The molecule has 0 bridgehead atoms. The molecule has 0 aliphatic carbocycles. The van der Waals surface area contributed by atoms with Crippen LogP contribution in [0.3, 0.4) is 0 Å². The Labute approximate surface area is 177 Å². The van der Waals surface area contributed by atoms with Crippen molar-refractivity contribution in [2.24, 2.45) is 5.92 Å². The van der Waals surface area contributed by atoms with Gasteiger partial charge in [-0.15, -0.1) is 0 Å². The van der Waals surface area contributed by atoms with Crippen molar-refractivity contribution in [3.63, 3.8) is 0 Å². The highest BCUT2D eigenvalue weighted by atomic mass is 19.1. The maximum absolute atomic E-state index is 13.1. The summed E-state index contributed by atoms with van der Waals surface area (Å²) in [7, 11) is 3.96. The molecule has 0 radical (unpaired) electrons. The van der Waals surface area contributed by atoms with Crippen LogP contribution in [0.2, 0.25) is 0 Å². The molecule has 0 atom stereocenters. The predicted molar refractivity (Wildman–Crippen MR) is 116 cm³/mol. The first-order valence-corrected chi connectivity index (χ1v) is 10.5. The first-order valence-electron chi connectivity index (χ1n) is 10.5. The van der Waals surface area contributed by atoms with Gasteiger partial charge in [0.2, 0.25) is 5.91 Å². The number of amides is 1. The van der Waals surface area contributed by atoms with Crippen molar-refractivity contribution >= 4 is 23.1 Å². The second-order valence-corrected chi connectivity index (χ2v) is 8.18. The van der Waals surface area contributed by atoms with E-state index in [4.69, 9.17) is 0 Å². The zero-order valence-electron chi connectivity index (χ0n) is 17.7. The number of carbonyl (C=O) groups is 1. The lowest BCUT2D eigenvalue weighted by molar-refractivity contribution is -0.136. The molecular weight excluding hydrogens is 383 g/mol. The second-order valence-electron chi connectivity index (χ2n) is 8.18. The fourth-order valence-corrected chi connectivity index (χ4v) is 4.35. The van der Waals surface area contributed by atoms with Crippen LogP contribution in [0.25, 0.3) is 0 Å². The van der Waals surface area contributed by atoms with Crippen molar-refractivity contribution in [3.05, 3.63) is 42.6 Å². The predicted octanol–water partition coefficient (Wildman–Crippen LogP) is 2.25. The number of benzene rings is 1. The highest BCUT2D eigenvalue weighted by Gasteiger charge is 2.31. The van der Waals surface area contributed by atoms with Gasteiger partial charge < -0.3 is 19.6 Å². The van der Waals surface area contributed by atoms with E-state index in [-0.39, 0.29) is 17.6 Å². The van der Waals surface area contributed by atoms with Crippen molar-refractivity contribution in [1.82, 2.24) is 14.9 Å². The topological polar surface area (TPSA) is 55.8 Å². The number of halogens is 1. The van der Waals surface area contributed by atoms with E-state index in [0.717, 1.165) is 56.2 Å². The molecule has 30 heavy (non-hydrogen) atoms. The van der Waals surface area contributed by atoms with Gasteiger partial charge in [0.05, 0.1) is 11.9 Å². The maximum Gasteiger partial charge on any atom is 0.225 e. The summed E-state index contributed by atoms with van der Waals surface area (Å²) in [6, 6.07) is 6.58. The lowest BCUT2D eigenvalue weighted by Crippen LogP contribution is -2.51. The minimum absolute atomic E-state index is 0.0751. The molecule has 160 valence electrons. The standard InChI is InChI=1S/C22H29FN6O/c1-26(2)21-20(15-24-16-25-21)28-9-7-17(8-10-28)22(30)29-13-11-27(12-14-29)19-5-3-18(23)4-6-19/h3-6,15-17H,7-14H2,1-2H3. The fraction of sp³-hybridized carbons (Fsp3) is 0.500. The Morgan fingerprint density at radius 1 is 1.00 bits per heavy atom. The van der Waals surface area contributed by atoms with Crippen LogP contribution in [0, 0.1) is 11.7 Å². The van der Waals surface area contributed by atoms with Crippen LogP contribution in [-0.2, 0) is 4.79 Å². The molecule has 1 amide bonds. The molecule has 0 N–H and O–H groups in total. The molecule has 2 fully saturated rings. The monoisotopic (exact) mass is 412 g/mol. The van der Waals surface area contributed by atoms with Gasteiger partial charge in [0.15, 0.2) is 5.82 Å². The third-order valence-electron chi connectivity index (χ3n) is 6.06. The minimum Gasteiger partial charge on any atom is -0.368 e. The summed E-state index contributed by atoms with van der Waals surface area (Å²) in [6.45, 7) is 4.66. The highest BCUT2D eigenvalue weighted by molar-refractivity contribution is 5.79. The molecule has 1 aromatic heterocycles. The normalized spacial score (nSPS) is 17.9. The molecule has 2 saturated heterocycles. The third kappa shape index (κ3) is 4.32. The van der Waals surface area contributed by atoms with E-state index in [1.54, 1.807) is 18.5 Å². The van der Waals surface area contributed by atoms with E-state index in [9.17, 15) is 9.18 Å². The van der Waals surface area contributed by atoms with Gasteiger partial charge >= 0.3 is 0 Å². The Hall–Kier alpha value is -2.90. The molecule has 7 nitrogen and oxygen atoms in total. The average Bonchev–Trinajstić information content (AvgIpc) is 2.79. The van der Waals surface area contributed by atoms with Crippen LogP contribution >= 0.6 is 0 Å². The largest absolute Gasteiger partial charge is 0.368 e. The summed E-state index contributed by atoms with van der Waals surface area (Å²) >= 11 is 0. The molecule has 8 heteroatoms. The summed E-state index contributed by atoms with van der Waals surface area (Å²) in [6.07, 6.45) is 5.12. The van der Waals surface area contributed by atoms with Gasteiger partial charge in [0.25, 0.3) is 0 Å². The minimum atomic E-state index is -0.223. The van der Waals surface area contributed by atoms with Crippen LogP contribution < -0.4 is 14.7 Å². The number of hydrogen-bond donors (Lipinski definition) is 0. The van der Waals surface area contributed by atoms with Crippen LogP contribution in [0.15, 0.2) is 36.8 Å². The number of carbonyl (C=O) groups excluding carboxylic acids is 1. The number of aromatic nitrogens is 2. The van der Waals surface area contributed by atoms with Gasteiger partial charge in [-0.2, -0.15) is 0 Å². The molecule has 0 spiro atoms. The lowest BCUT2D eigenvalue weighted by Gasteiger charge is -2.40. The molecule has 0 unspecified atom stereocenters. The molecule has 2 aliphatic heterocycles. The van der Waals surface area contributed by atoms with Crippen molar-refractivity contribution in [2.45, 2.75) is 12.8 Å². The van der Waals surface area contributed by atoms with Crippen molar-refractivity contribution in [2.75, 3.05) is 68.1 Å². The molecule has 2 aliphatic rings. The smallest absolute Gasteiger partial charge is 0.225 e. The van der Waals surface area contributed by atoms with Gasteiger partial charge in [0.1, 0.15) is 12.1 Å². The quantitative estimate of drug-likeness (QED) is 0.768. The molecule has 4 rings (SSSR count). The van der Waals surface area contributed by atoms with Crippen LogP contribution in [-0.4, -0.2) is 74.1 Å². The Balaban J connectivity index is 1.30. The van der Waals surface area contributed by atoms with E-state index >= 15 is 0 Å². The van der Waals surface area contributed by atoms with Gasteiger partial charge in [0, 0.05) is 65.0 Å². The number of hydrogen-bond acceptors (Lipinski definition) is 6. The molecule has 2 aromatic rings. The van der Waals surface area contributed by atoms with Crippen LogP contribution in [0.1, 0.15) is 12.8 Å². The molecule has 3 heterocycles. The summed E-state index contributed by atoms with van der Waals surface area (Å²) in [5.41, 5.74) is 2.04. The number of anilines is 3. The zero-order valence-corrected chi connectivity index (χ0v) is 17.7. The number of piperazine rings is 1. The Morgan fingerprint density at radius 2 is 1.67 bits per heavy atom. The number of rotatable bonds is 4. The highest BCUT2D eigenvalue weighted by Crippen LogP contribution is 2.30. The fourth-order valence-electron chi connectivity index (χ4n) is 4.35. The van der Waals surface area contributed by atoms with Crippen LogP contribution in [0.5, 0.6) is 0 Å². The summed E-state index contributed by atoms with van der Waals surface area (Å²) < 4.78 is 13.1. The Kier molecular flexibility index (Phi) is 6.01. The van der Waals surface area contributed by atoms with E-state index in [1.807, 2.05) is 30.1 Å². The van der Waals surface area contributed by atoms with Crippen molar-refractivity contribution in [1.29, 1.82) is 0 Å². The van der Waals surface area contributed by atoms with Gasteiger partial charge in [-0.05, 0) is 37.1 Å². The van der Waals surface area contributed by atoms with E-state index in [0.29, 0.717) is 13.1 Å². The first kappa shape index (κ1) is 20.4. The Morgan fingerprint density at radius 3 is 2.30 bits per heavy atom. The van der Waals surface area contributed by atoms with Crippen molar-refractivity contribution in [3.8, 4) is 0 Å². The van der Waals surface area contributed by atoms with Crippen LogP contribution in [0.4, 0.5) is 21.6 Å². The third-order valence-corrected chi connectivity index (χ3v) is 6.06. The van der Waals surface area contributed by atoms with Gasteiger partial charge in [-0.25, -0.2) is 14.4 Å². The van der Waals surface area contributed by atoms with E-state index in [1.165, 1.54) is 12.1 Å². The first-order chi connectivity index (χ1) is 14.5. The Bertz CT molecular complexity index is 858. The molecule has 0 saturated carbocycles. The second kappa shape index (κ2) is 8.85. The maximum atomic E-state index is 13.1. The molecular formula is C22H29FN6O. The summed E-state index contributed by atoms with van der Waals surface area (Å²) in [5, 5.41) is 0. The molecule has 1 aromatic carbocycles. The lowest BCUT2D eigenvalue weighted by atomic mass is 9.94. The summed E-state index contributed by atoms with van der Waals surface area (Å²) in [5.74, 6) is 1.03. The van der Waals surface area contributed by atoms with Gasteiger partial charge in [-0.3, -0.25) is 4.79 Å². The summed E-state index contributed by atoms with van der Waals surface area (Å²) in [4.78, 5) is 30.1. The average molecular weight is 413 g/mol. The van der Waals surface area contributed by atoms with Gasteiger partial charge in [-0.1, -0.05) is 0 Å². The van der Waals surface area contributed by atoms with E-state index in [2.05, 4.69) is 19.8 Å². The number of nitrogens with zero attached hydrogens (tertiary/aromatic N) is 6.